The van der Waals surface area contributed by atoms with Gasteiger partial charge in [0, 0.05) is 37.4 Å². The summed E-state index contributed by atoms with van der Waals surface area (Å²) in [6, 6.07) is 6.42. The lowest BCUT2D eigenvalue weighted by Crippen LogP contribution is -2.51. The van der Waals surface area contributed by atoms with E-state index in [1.54, 1.807) is 30.2 Å². The summed E-state index contributed by atoms with van der Waals surface area (Å²) in [5, 5.41) is 0. The monoisotopic (exact) mass is 291 g/mol. The summed E-state index contributed by atoms with van der Waals surface area (Å²) in [5.74, 6) is -0.666. The van der Waals surface area contributed by atoms with Crippen molar-refractivity contribution in [3.05, 3.63) is 35.4 Å². The molecule has 1 aliphatic heterocycles. The molecule has 0 aromatic heterocycles. The van der Waals surface area contributed by atoms with Crippen LogP contribution in [-0.4, -0.2) is 49.1 Å². The van der Waals surface area contributed by atoms with Crippen molar-refractivity contribution in [3.63, 3.8) is 0 Å². The first-order valence-corrected chi connectivity index (χ1v) is 7.00. The Labute approximate surface area is 124 Å². The molecule has 2 rings (SSSR count). The Hall–Kier alpha value is -1.92. The van der Waals surface area contributed by atoms with Crippen LogP contribution in [-0.2, 0) is 4.74 Å². The van der Waals surface area contributed by atoms with Gasteiger partial charge in [-0.2, -0.15) is 0 Å². The molecule has 1 fully saturated rings. The summed E-state index contributed by atoms with van der Waals surface area (Å²) in [6.45, 7) is 0.987. The van der Waals surface area contributed by atoms with Crippen LogP contribution in [0.4, 0.5) is 0 Å². The fraction of sp³-hybridized carbons (Fsp3) is 0.467. The van der Waals surface area contributed by atoms with E-state index in [1.807, 2.05) is 0 Å². The Morgan fingerprint density at radius 3 is 2.71 bits per heavy atom. The highest BCUT2D eigenvalue weighted by molar-refractivity contribution is 5.99. The van der Waals surface area contributed by atoms with E-state index in [9.17, 15) is 9.59 Å². The second kappa shape index (κ2) is 6.69. The van der Waals surface area contributed by atoms with Crippen molar-refractivity contribution in [2.24, 2.45) is 11.5 Å². The molecular weight excluding hydrogens is 270 g/mol. The van der Waals surface area contributed by atoms with E-state index >= 15 is 0 Å². The number of hydrogen-bond acceptors (Lipinski definition) is 4. The summed E-state index contributed by atoms with van der Waals surface area (Å²) >= 11 is 0. The highest BCUT2D eigenvalue weighted by Gasteiger charge is 2.31. The molecule has 0 bridgehead atoms. The number of piperidine rings is 1. The van der Waals surface area contributed by atoms with Crippen LogP contribution in [0.3, 0.4) is 0 Å². The quantitative estimate of drug-likeness (QED) is 0.837. The van der Waals surface area contributed by atoms with Gasteiger partial charge in [0.25, 0.3) is 5.91 Å². The first-order valence-electron chi connectivity index (χ1n) is 7.00. The number of rotatable bonds is 4. The van der Waals surface area contributed by atoms with Gasteiger partial charge in [-0.3, -0.25) is 9.59 Å². The number of carbonyl (C=O) groups excluding carboxylic acids is 2. The van der Waals surface area contributed by atoms with Gasteiger partial charge in [0.1, 0.15) is 0 Å². The summed E-state index contributed by atoms with van der Waals surface area (Å²) in [6.07, 6.45) is 1.65. The van der Waals surface area contributed by atoms with E-state index in [0.29, 0.717) is 24.2 Å². The molecule has 1 aromatic carbocycles. The average Bonchev–Trinajstić information content (AvgIpc) is 2.53. The predicted octanol–water partition coefficient (Wildman–Crippen LogP) is 0.364. The molecule has 1 heterocycles. The fourth-order valence-electron chi connectivity index (χ4n) is 2.69. The molecule has 1 aliphatic rings. The van der Waals surface area contributed by atoms with Crippen molar-refractivity contribution in [2.75, 3.05) is 20.2 Å². The number of likely N-dealkylation sites (tertiary alicyclic amines) is 1. The summed E-state index contributed by atoms with van der Waals surface area (Å²) < 4.78 is 5.35. The molecule has 114 valence electrons. The van der Waals surface area contributed by atoms with Crippen LogP contribution in [0.5, 0.6) is 0 Å². The number of carbonyl (C=O) groups is 2. The Balaban J connectivity index is 2.19. The van der Waals surface area contributed by atoms with Crippen LogP contribution < -0.4 is 11.5 Å². The lowest BCUT2D eigenvalue weighted by Gasteiger charge is -2.38. The predicted molar refractivity (Wildman–Crippen MR) is 78.9 cm³/mol. The third kappa shape index (κ3) is 3.40. The number of benzene rings is 1. The van der Waals surface area contributed by atoms with Crippen molar-refractivity contribution in [2.45, 2.75) is 25.0 Å². The zero-order valence-corrected chi connectivity index (χ0v) is 12.1. The van der Waals surface area contributed by atoms with Crippen LogP contribution >= 0.6 is 0 Å². The van der Waals surface area contributed by atoms with Crippen molar-refractivity contribution in [1.82, 2.24) is 4.90 Å². The summed E-state index contributed by atoms with van der Waals surface area (Å²) in [4.78, 5) is 25.6. The smallest absolute Gasteiger partial charge is 0.254 e. The molecule has 2 atom stereocenters. The van der Waals surface area contributed by atoms with E-state index in [-0.39, 0.29) is 18.1 Å². The van der Waals surface area contributed by atoms with Gasteiger partial charge in [-0.15, -0.1) is 0 Å². The van der Waals surface area contributed by atoms with Crippen LogP contribution in [0.25, 0.3) is 0 Å². The van der Waals surface area contributed by atoms with Crippen molar-refractivity contribution in [3.8, 4) is 0 Å². The van der Waals surface area contributed by atoms with E-state index in [2.05, 4.69) is 0 Å². The van der Waals surface area contributed by atoms with E-state index in [0.717, 1.165) is 12.8 Å². The summed E-state index contributed by atoms with van der Waals surface area (Å²) in [5.41, 5.74) is 11.8. The van der Waals surface area contributed by atoms with Gasteiger partial charge in [-0.1, -0.05) is 6.07 Å². The van der Waals surface area contributed by atoms with Gasteiger partial charge in [0.2, 0.25) is 5.91 Å². The van der Waals surface area contributed by atoms with Gasteiger partial charge < -0.3 is 21.1 Å². The third-order valence-corrected chi connectivity index (χ3v) is 3.93. The standard InChI is InChI=1S/C15H21N3O3/c1-21-13-5-6-18(12(8-13)9-16)15(20)11-4-2-3-10(7-11)14(17)19/h2-4,7,12-13H,5-6,8-9,16H2,1H3,(H2,17,19). The second-order valence-electron chi connectivity index (χ2n) is 5.22. The highest BCUT2D eigenvalue weighted by Crippen LogP contribution is 2.21. The van der Waals surface area contributed by atoms with Gasteiger partial charge in [-0.25, -0.2) is 0 Å². The van der Waals surface area contributed by atoms with Crippen LogP contribution in [0, 0.1) is 0 Å². The maximum atomic E-state index is 12.6. The molecular formula is C15H21N3O3. The molecule has 2 amide bonds. The average molecular weight is 291 g/mol. The number of primary amides is 1. The molecule has 0 radical (unpaired) electrons. The largest absolute Gasteiger partial charge is 0.381 e. The van der Waals surface area contributed by atoms with E-state index in [1.165, 1.54) is 6.07 Å². The van der Waals surface area contributed by atoms with Crippen LogP contribution in [0.2, 0.25) is 0 Å². The molecule has 4 N–H and O–H groups in total. The Kier molecular flexibility index (Phi) is 4.93. The van der Waals surface area contributed by atoms with Gasteiger partial charge in [0.05, 0.1) is 6.10 Å². The number of hydrogen-bond donors (Lipinski definition) is 2. The zero-order valence-electron chi connectivity index (χ0n) is 12.1. The Morgan fingerprint density at radius 1 is 1.38 bits per heavy atom. The number of amides is 2. The third-order valence-electron chi connectivity index (χ3n) is 3.93. The molecule has 0 spiro atoms. The van der Waals surface area contributed by atoms with Crippen molar-refractivity contribution < 1.29 is 14.3 Å². The lowest BCUT2D eigenvalue weighted by molar-refractivity contribution is 0.0139. The van der Waals surface area contributed by atoms with Crippen molar-refractivity contribution in [1.29, 1.82) is 0 Å². The Bertz CT molecular complexity index is 533. The molecule has 1 saturated heterocycles. The first-order chi connectivity index (χ1) is 10.1. The van der Waals surface area contributed by atoms with Gasteiger partial charge >= 0.3 is 0 Å². The lowest BCUT2D eigenvalue weighted by atomic mass is 9.98. The second-order valence-corrected chi connectivity index (χ2v) is 5.22. The zero-order chi connectivity index (χ0) is 15.4. The molecule has 0 aliphatic carbocycles. The number of ether oxygens (including phenoxy) is 1. The fourth-order valence-corrected chi connectivity index (χ4v) is 2.69. The summed E-state index contributed by atoms with van der Waals surface area (Å²) in [7, 11) is 1.67. The van der Waals surface area contributed by atoms with Gasteiger partial charge in [0.15, 0.2) is 0 Å². The molecule has 6 nitrogen and oxygen atoms in total. The maximum Gasteiger partial charge on any atom is 0.254 e. The normalized spacial score (nSPS) is 22.1. The van der Waals surface area contributed by atoms with Crippen molar-refractivity contribution >= 4 is 11.8 Å². The molecule has 2 unspecified atom stereocenters. The van der Waals surface area contributed by atoms with Crippen LogP contribution in [0.1, 0.15) is 33.6 Å². The minimum atomic E-state index is -0.543. The molecule has 0 saturated carbocycles. The topological polar surface area (TPSA) is 98.6 Å². The number of nitrogens with zero attached hydrogens (tertiary/aromatic N) is 1. The van der Waals surface area contributed by atoms with Crippen LogP contribution in [0.15, 0.2) is 24.3 Å². The molecule has 6 heteroatoms. The molecule has 21 heavy (non-hydrogen) atoms. The number of methoxy groups -OCH3 is 1. The van der Waals surface area contributed by atoms with Gasteiger partial charge in [-0.05, 0) is 31.0 Å². The first kappa shape index (κ1) is 15.5. The highest BCUT2D eigenvalue weighted by atomic mass is 16.5. The SMILES string of the molecule is COC1CCN(C(=O)c2cccc(C(N)=O)c2)C(CN)C1. The Morgan fingerprint density at radius 2 is 2.10 bits per heavy atom. The van der Waals surface area contributed by atoms with E-state index < -0.39 is 5.91 Å². The molecule has 1 aromatic rings. The maximum absolute atomic E-state index is 12.6. The minimum Gasteiger partial charge on any atom is -0.381 e. The minimum absolute atomic E-state index is 0.0477. The number of nitrogens with two attached hydrogens (primary N) is 2. The van der Waals surface area contributed by atoms with E-state index in [4.69, 9.17) is 16.2 Å².